The summed E-state index contributed by atoms with van der Waals surface area (Å²) in [6, 6.07) is 5.55. The molecule has 0 spiro atoms. The molecular formula is C12H13FN2. The Labute approximate surface area is 87.3 Å². The lowest BCUT2D eigenvalue weighted by molar-refractivity contribution is 0.588. The van der Waals surface area contributed by atoms with Gasteiger partial charge in [-0.3, -0.25) is 0 Å². The molecule has 15 heavy (non-hydrogen) atoms. The molecule has 0 saturated heterocycles. The zero-order chi connectivity index (χ0) is 10.6. The number of aromatic nitrogens is 1. The zero-order valence-corrected chi connectivity index (χ0v) is 8.60. The van der Waals surface area contributed by atoms with E-state index < -0.39 is 5.54 Å². The van der Waals surface area contributed by atoms with Gasteiger partial charge in [0.2, 0.25) is 0 Å². The van der Waals surface area contributed by atoms with E-state index in [1.165, 1.54) is 0 Å². The van der Waals surface area contributed by atoms with Gasteiger partial charge >= 0.3 is 0 Å². The van der Waals surface area contributed by atoms with E-state index in [9.17, 15) is 4.39 Å². The topological polar surface area (TPSA) is 41.8 Å². The van der Waals surface area contributed by atoms with Crippen molar-refractivity contribution in [3.63, 3.8) is 0 Å². The molecule has 78 valence electrons. The van der Waals surface area contributed by atoms with Crippen molar-refractivity contribution in [2.75, 3.05) is 0 Å². The van der Waals surface area contributed by atoms with Crippen LogP contribution < -0.4 is 5.73 Å². The van der Waals surface area contributed by atoms with E-state index in [1.54, 1.807) is 6.07 Å². The summed E-state index contributed by atoms with van der Waals surface area (Å²) in [6.45, 7) is 1.93. The number of aryl methyl sites for hydroxylation is 1. The lowest BCUT2D eigenvalue weighted by Gasteiger charge is -2.10. The van der Waals surface area contributed by atoms with E-state index in [0.717, 1.165) is 24.1 Å². The number of benzene rings is 1. The van der Waals surface area contributed by atoms with E-state index in [1.807, 2.05) is 19.1 Å². The Balaban J connectivity index is 2.29. The van der Waals surface area contributed by atoms with E-state index in [2.05, 4.69) is 4.98 Å². The third-order valence-electron chi connectivity index (χ3n) is 3.20. The van der Waals surface area contributed by atoms with Gasteiger partial charge in [0.05, 0.1) is 0 Å². The van der Waals surface area contributed by atoms with Gasteiger partial charge in [0.1, 0.15) is 5.82 Å². The van der Waals surface area contributed by atoms with E-state index in [0.29, 0.717) is 10.9 Å². The highest BCUT2D eigenvalue weighted by Gasteiger charge is 2.42. The number of H-pyrrole nitrogens is 1. The van der Waals surface area contributed by atoms with Crippen molar-refractivity contribution in [2.24, 2.45) is 5.73 Å². The van der Waals surface area contributed by atoms with Crippen LogP contribution >= 0.6 is 0 Å². The lowest BCUT2D eigenvalue weighted by Crippen LogP contribution is -2.20. The number of aromatic amines is 1. The number of hydrogen-bond donors (Lipinski definition) is 2. The average Bonchev–Trinajstić information content (AvgIpc) is 2.78. The molecule has 0 atom stereocenters. The zero-order valence-electron chi connectivity index (χ0n) is 8.60. The van der Waals surface area contributed by atoms with Crippen LogP contribution in [0, 0.1) is 12.7 Å². The predicted octanol–water partition coefficient (Wildman–Crippen LogP) is 2.56. The number of nitrogens with two attached hydrogens (primary N) is 1. The Morgan fingerprint density at radius 2 is 2.13 bits per heavy atom. The number of rotatable bonds is 1. The first-order valence-electron chi connectivity index (χ1n) is 5.17. The summed E-state index contributed by atoms with van der Waals surface area (Å²) >= 11 is 0. The second-order valence-corrected chi connectivity index (χ2v) is 4.50. The molecule has 3 heteroatoms. The van der Waals surface area contributed by atoms with Crippen molar-refractivity contribution in [1.82, 2.24) is 4.98 Å². The minimum absolute atomic E-state index is 0.156. The van der Waals surface area contributed by atoms with Crippen LogP contribution in [-0.2, 0) is 5.54 Å². The molecule has 1 heterocycles. The van der Waals surface area contributed by atoms with Crippen molar-refractivity contribution in [3.05, 3.63) is 35.3 Å². The molecule has 1 fully saturated rings. The molecule has 1 aromatic carbocycles. The summed E-state index contributed by atoms with van der Waals surface area (Å²) in [5, 5.41) is 0.654. The first-order chi connectivity index (χ1) is 7.10. The van der Waals surface area contributed by atoms with Gasteiger partial charge in [0.25, 0.3) is 0 Å². The Hall–Kier alpha value is -1.35. The molecule has 3 rings (SSSR count). The average molecular weight is 204 g/mol. The molecule has 1 aliphatic rings. The van der Waals surface area contributed by atoms with Crippen LogP contribution in [0.1, 0.15) is 24.1 Å². The normalized spacial score (nSPS) is 18.3. The largest absolute Gasteiger partial charge is 0.359 e. The maximum absolute atomic E-state index is 14.1. The Kier molecular flexibility index (Phi) is 1.55. The molecule has 0 unspecified atom stereocenters. The van der Waals surface area contributed by atoms with Gasteiger partial charge in [-0.05, 0) is 31.9 Å². The number of hydrogen-bond acceptors (Lipinski definition) is 1. The van der Waals surface area contributed by atoms with Crippen LogP contribution in [0.4, 0.5) is 4.39 Å². The molecule has 2 aromatic rings. The monoisotopic (exact) mass is 204 g/mol. The van der Waals surface area contributed by atoms with Gasteiger partial charge in [-0.25, -0.2) is 4.39 Å². The minimum atomic E-state index is -0.399. The van der Waals surface area contributed by atoms with E-state index >= 15 is 0 Å². The molecule has 1 aliphatic carbocycles. The van der Waals surface area contributed by atoms with Gasteiger partial charge in [-0.1, -0.05) is 6.07 Å². The maximum Gasteiger partial charge on any atom is 0.137 e. The summed E-state index contributed by atoms with van der Waals surface area (Å²) in [4.78, 5) is 3.12. The second-order valence-electron chi connectivity index (χ2n) is 4.50. The molecule has 0 bridgehead atoms. The first kappa shape index (κ1) is 8.92. The van der Waals surface area contributed by atoms with Crippen LogP contribution in [0.5, 0.6) is 0 Å². The van der Waals surface area contributed by atoms with Crippen molar-refractivity contribution in [3.8, 4) is 0 Å². The van der Waals surface area contributed by atoms with Crippen LogP contribution in [0.25, 0.3) is 10.9 Å². The van der Waals surface area contributed by atoms with Crippen molar-refractivity contribution < 1.29 is 4.39 Å². The third kappa shape index (κ3) is 1.20. The van der Waals surface area contributed by atoms with Crippen LogP contribution in [0.2, 0.25) is 0 Å². The molecule has 1 saturated carbocycles. The fourth-order valence-electron chi connectivity index (χ4n) is 2.10. The fraction of sp³-hybridized carbons (Fsp3) is 0.333. The third-order valence-corrected chi connectivity index (χ3v) is 3.20. The Bertz CT molecular complexity index is 538. The summed E-state index contributed by atoms with van der Waals surface area (Å²) < 4.78 is 14.1. The van der Waals surface area contributed by atoms with Gasteiger partial charge in [0.15, 0.2) is 0 Å². The minimum Gasteiger partial charge on any atom is -0.359 e. The Morgan fingerprint density at radius 1 is 1.40 bits per heavy atom. The predicted molar refractivity (Wildman–Crippen MR) is 58.1 cm³/mol. The van der Waals surface area contributed by atoms with Gasteiger partial charge in [0, 0.05) is 27.7 Å². The molecule has 1 aromatic heterocycles. The molecule has 0 aliphatic heterocycles. The van der Waals surface area contributed by atoms with Gasteiger partial charge in [-0.15, -0.1) is 0 Å². The molecular weight excluding hydrogens is 191 g/mol. The highest BCUT2D eigenvalue weighted by Crippen LogP contribution is 2.44. The molecule has 0 radical (unpaired) electrons. The van der Waals surface area contributed by atoms with E-state index in [-0.39, 0.29) is 5.82 Å². The molecule has 2 nitrogen and oxygen atoms in total. The lowest BCUT2D eigenvalue weighted by atomic mass is 10.0. The number of nitrogens with one attached hydrogen (secondary N) is 1. The van der Waals surface area contributed by atoms with Crippen molar-refractivity contribution in [1.29, 1.82) is 0 Å². The van der Waals surface area contributed by atoms with Crippen LogP contribution in [0.3, 0.4) is 0 Å². The van der Waals surface area contributed by atoms with Crippen molar-refractivity contribution in [2.45, 2.75) is 25.3 Å². The first-order valence-corrected chi connectivity index (χ1v) is 5.17. The summed E-state index contributed by atoms with van der Waals surface area (Å²) in [7, 11) is 0. The van der Waals surface area contributed by atoms with Crippen LogP contribution in [0.15, 0.2) is 18.2 Å². The Morgan fingerprint density at radius 3 is 2.80 bits per heavy atom. The quantitative estimate of drug-likeness (QED) is 0.736. The highest BCUT2D eigenvalue weighted by molar-refractivity contribution is 5.82. The smallest absolute Gasteiger partial charge is 0.137 e. The number of fused-ring (bicyclic) bond motifs is 1. The fourth-order valence-corrected chi connectivity index (χ4v) is 2.10. The van der Waals surface area contributed by atoms with E-state index in [4.69, 9.17) is 5.73 Å². The number of halogens is 1. The summed E-state index contributed by atoms with van der Waals surface area (Å²) in [5.41, 5.74) is 8.10. The van der Waals surface area contributed by atoms with Gasteiger partial charge < -0.3 is 10.7 Å². The molecule has 0 amide bonds. The highest BCUT2D eigenvalue weighted by atomic mass is 19.1. The SMILES string of the molecule is Cc1cc2c(F)c(C3(N)CC3)ccc2[nH]1. The summed E-state index contributed by atoms with van der Waals surface area (Å²) in [5.74, 6) is -0.156. The van der Waals surface area contributed by atoms with Crippen molar-refractivity contribution >= 4 is 10.9 Å². The standard InChI is InChI=1S/C12H13FN2/c1-7-6-8-10(15-7)3-2-9(11(8)13)12(14)4-5-12/h2-3,6,15H,4-5,14H2,1H3. The second kappa shape index (κ2) is 2.61. The van der Waals surface area contributed by atoms with Gasteiger partial charge in [-0.2, -0.15) is 0 Å². The maximum atomic E-state index is 14.1. The summed E-state index contributed by atoms with van der Waals surface area (Å²) in [6.07, 6.45) is 1.78. The molecule has 3 N–H and O–H groups in total. The van der Waals surface area contributed by atoms with Crippen LogP contribution in [-0.4, -0.2) is 4.98 Å².